The molecule has 1 saturated carbocycles. The first-order chi connectivity index (χ1) is 11.6. The number of carboxylic acids is 1. The van der Waals surface area contributed by atoms with E-state index in [1.807, 2.05) is 41.5 Å². The number of nitrogens with zero attached hydrogens (tertiary/aromatic N) is 1. The van der Waals surface area contributed by atoms with Crippen LogP contribution in [0.3, 0.4) is 0 Å². The second-order valence-electron chi connectivity index (χ2n) is 10.8. The highest BCUT2D eigenvalue weighted by Gasteiger charge is 2.70. The molecule has 1 aliphatic heterocycles. The van der Waals surface area contributed by atoms with Crippen LogP contribution < -0.4 is 5.32 Å². The van der Waals surface area contributed by atoms with Gasteiger partial charge in [0.15, 0.2) is 0 Å². The number of likely N-dealkylation sites (tertiary alicyclic amines) is 1. The second kappa shape index (κ2) is 6.24. The quantitative estimate of drug-likeness (QED) is 0.800. The molecule has 6 heteroatoms. The van der Waals surface area contributed by atoms with Crippen LogP contribution >= 0.6 is 0 Å². The highest BCUT2D eigenvalue weighted by Crippen LogP contribution is 2.65. The van der Waals surface area contributed by atoms with Crippen LogP contribution in [0.4, 0.5) is 0 Å². The lowest BCUT2D eigenvalue weighted by Crippen LogP contribution is -2.58. The molecule has 0 unspecified atom stereocenters. The highest BCUT2D eigenvalue weighted by molar-refractivity contribution is 5.92. The third-order valence-electron chi connectivity index (χ3n) is 5.85. The molecule has 2 N–H and O–H groups in total. The molecule has 1 aliphatic carbocycles. The van der Waals surface area contributed by atoms with Crippen LogP contribution in [0.15, 0.2) is 0 Å². The number of carbonyl (C=O) groups excluding carboxylic acids is 2. The summed E-state index contributed by atoms with van der Waals surface area (Å²) in [7, 11) is 0. The summed E-state index contributed by atoms with van der Waals surface area (Å²) in [4.78, 5) is 39.0. The Balaban J connectivity index is 2.20. The zero-order valence-electron chi connectivity index (χ0n) is 17.3. The Labute approximate surface area is 156 Å². The van der Waals surface area contributed by atoms with Crippen molar-refractivity contribution < 1.29 is 19.5 Å². The number of carboxylic acid groups (broad SMARTS) is 1. The molecule has 6 nitrogen and oxygen atoms in total. The number of amides is 2. The highest BCUT2D eigenvalue weighted by atomic mass is 16.4. The predicted octanol–water partition coefficient (Wildman–Crippen LogP) is 2.52. The molecule has 148 valence electrons. The molecule has 2 fully saturated rings. The predicted molar refractivity (Wildman–Crippen MR) is 99.4 cm³/mol. The Morgan fingerprint density at radius 2 is 1.69 bits per heavy atom. The molecule has 26 heavy (non-hydrogen) atoms. The molecule has 0 aromatic heterocycles. The van der Waals surface area contributed by atoms with E-state index in [1.165, 1.54) is 4.90 Å². The Bertz CT molecular complexity index is 612. The Kier molecular flexibility index (Phi) is 4.97. The number of piperidine rings is 1. The molecule has 1 heterocycles. The van der Waals surface area contributed by atoms with Crippen LogP contribution in [0.25, 0.3) is 0 Å². The number of nitrogens with one attached hydrogen (secondary N) is 1. The number of carbonyl (C=O) groups is 3. The van der Waals surface area contributed by atoms with Crippen LogP contribution in [0.1, 0.15) is 61.8 Å². The fourth-order valence-corrected chi connectivity index (χ4v) is 4.30. The number of fused-ring (bicyclic) bond motifs is 1. The number of hydrogen-bond acceptors (Lipinski definition) is 3. The molecule has 0 radical (unpaired) electrons. The largest absolute Gasteiger partial charge is 0.480 e. The molecular weight excluding hydrogens is 332 g/mol. The molecule has 0 aromatic rings. The van der Waals surface area contributed by atoms with E-state index in [1.54, 1.807) is 0 Å². The Morgan fingerprint density at radius 1 is 1.15 bits per heavy atom. The van der Waals surface area contributed by atoms with E-state index in [0.717, 1.165) is 0 Å². The van der Waals surface area contributed by atoms with Gasteiger partial charge in [-0.2, -0.15) is 0 Å². The SMILES string of the molecule is CC(C)(C)CC(=O)N[C@H](C(=O)N1C[C@H]2[C@@H]([C@H]1C(=O)O)C2(C)C)C(C)(C)C. The van der Waals surface area contributed by atoms with Gasteiger partial charge < -0.3 is 15.3 Å². The van der Waals surface area contributed by atoms with Gasteiger partial charge in [0.1, 0.15) is 12.1 Å². The maximum atomic E-state index is 13.2. The van der Waals surface area contributed by atoms with E-state index in [0.29, 0.717) is 13.0 Å². The van der Waals surface area contributed by atoms with Gasteiger partial charge in [0, 0.05) is 18.9 Å². The van der Waals surface area contributed by atoms with Crippen molar-refractivity contribution in [3.63, 3.8) is 0 Å². The summed E-state index contributed by atoms with van der Waals surface area (Å²) in [6.07, 6.45) is 0.313. The Morgan fingerprint density at radius 3 is 2.12 bits per heavy atom. The molecule has 2 amide bonds. The van der Waals surface area contributed by atoms with Gasteiger partial charge in [0.05, 0.1) is 0 Å². The number of hydrogen-bond donors (Lipinski definition) is 2. The lowest BCUT2D eigenvalue weighted by molar-refractivity contribution is -0.153. The van der Waals surface area contributed by atoms with Crippen molar-refractivity contribution in [2.75, 3.05) is 6.54 Å². The van der Waals surface area contributed by atoms with Crippen LogP contribution in [0.2, 0.25) is 0 Å². The van der Waals surface area contributed by atoms with E-state index in [2.05, 4.69) is 19.2 Å². The monoisotopic (exact) mass is 366 g/mol. The average molecular weight is 367 g/mol. The standard InChI is InChI=1S/C20H34N2O4/c1-18(2,3)9-12(23)21-15(19(4,5)6)16(24)22-10-11-13(20(11,7)8)14(22)17(25)26/h11,13-15H,9-10H2,1-8H3,(H,21,23)(H,25,26)/t11-,13-,14-,15+/m0/s1. The van der Waals surface area contributed by atoms with Crippen molar-refractivity contribution in [1.29, 1.82) is 0 Å². The molecule has 2 rings (SSSR count). The molecule has 0 spiro atoms. The van der Waals surface area contributed by atoms with E-state index in [9.17, 15) is 19.5 Å². The van der Waals surface area contributed by atoms with Gasteiger partial charge in [-0.25, -0.2) is 4.79 Å². The minimum Gasteiger partial charge on any atom is -0.480 e. The van der Waals surface area contributed by atoms with Crippen LogP contribution in [-0.2, 0) is 14.4 Å². The maximum Gasteiger partial charge on any atom is 0.326 e. The van der Waals surface area contributed by atoms with Crippen molar-refractivity contribution >= 4 is 17.8 Å². The molecule has 0 bridgehead atoms. The molecule has 1 saturated heterocycles. The summed E-state index contributed by atoms with van der Waals surface area (Å²) in [5, 5.41) is 12.6. The number of rotatable bonds is 4. The summed E-state index contributed by atoms with van der Waals surface area (Å²) >= 11 is 0. The van der Waals surface area contributed by atoms with Crippen molar-refractivity contribution in [3.8, 4) is 0 Å². The number of aliphatic carboxylic acids is 1. The molecule has 2 aliphatic rings. The molecular formula is C20H34N2O4. The Hall–Kier alpha value is -1.59. The summed E-state index contributed by atoms with van der Waals surface area (Å²) in [5.41, 5.74) is -0.721. The van der Waals surface area contributed by atoms with E-state index < -0.39 is 23.5 Å². The maximum absolute atomic E-state index is 13.2. The topological polar surface area (TPSA) is 86.7 Å². The first kappa shape index (κ1) is 20.7. The average Bonchev–Trinajstić information content (AvgIpc) is 2.81. The van der Waals surface area contributed by atoms with E-state index in [4.69, 9.17) is 0 Å². The summed E-state index contributed by atoms with van der Waals surface area (Å²) in [6, 6.07) is -1.54. The summed E-state index contributed by atoms with van der Waals surface area (Å²) < 4.78 is 0. The van der Waals surface area contributed by atoms with Gasteiger partial charge >= 0.3 is 5.97 Å². The van der Waals surface area contributed by atoms with Gasteiger partial charge in [0.2, 0.25) is 11.8 Å². The van der Waals surface area contributed by atoms with Crippen molar-refractivity contribution in [1.82, 2.24) is 10.2 Å². The van der Waals surface area contributed by atoms with Crippen molar-refractivity contribution in [3.05, 3.63) is 0 Å². The molecule has 0 aromatic carbocycles. The van der Waals surface area contributed by atoms with Gasteiger partial charge in [-0.3, -0.25) is 9.59 Å². The first-order valence-electron chi connectivity index (χ1n) is 9.40. The van der Waals surface area contributed by atoms with E-state index in [-0.39, 0.29) is 34.5 Å². The first-order valence-corrected chi connectivity index (χ1v) is 9.40. The zero-order valence-corrected chi connectivity index (χ0v) is 17.3. The van der Waals surface area contributed by atoms with Crippen LogP contribution in [0, 0.1) is 28.1 Å². The van der Waals surface area contributed by atoms with Gasteiger partial charge in [-0.1, -0.05) is 55.4 Å². The lowest BCUT2D eigenvalue weighted by atomic mass is 9.84. The fourth-order valence-electron chi connectivity index (χ4n) is 4.30. The van der Waals surface area contributed by atoms with E-state index >= 15 is 0 Å². The third kappa shape index (κ3) is 3.89. The zero-order chi connectivity index (χ0) is 20.2. The fraction of sp³-hybridized carbons (Fsp3) is 0.850. The minimum absolute atomic E-state index is 0.00477. The van der Waals surface area contributed by atoms with Gasteiger partial charge in [-0.05, 0) is 22.2 Å². The van der Waals surface area contributed by atoms with Gasteiger partial charge in [-0.15, -0.1) is 0 Å². The second-order valence-corrected chi connectivity index (χ2v) is 10.8. The van der Waals surface area contributed by atoms with Crippen molar-refractivity contribution in [2.24, 2.45) is 28.1 Å². The van der Waals surface area contributed by atoms with Crippen molar-refractivity contribution in [2.45, 2.75) is 73.9 Å². The molecule has 4 atom stereocenters. The lowest BCUT2D eigenvalue weighted by Gasteiger charge is -2.37. The normalized spacial score (nSPS) is 28.3. The van der Waals surface area contributed by atoms with Crippen LogP contribution in [0.5, 0.6) is 0 Å². The third-order valence-corrected chi connectivity index (χ3v) is 5.85. The van der Waals surface area contributed by atoms with Gasteiger partial charge in [0.25, 0.3) is 0 Å². The smallest absolute Gasteiger partial charge is 0.326 e. The summed E-state index contributed by atoms with van der Waals surface area (Å²) in [5.74, 6) is -1.20. The minimum atomic E-state index is -0.954. The summed E-state index contributed by atoms with van der Waals surface area (Å²) in [6.45, 7) is 16.2. The van der Waals surface area contributed by atoms with Crippen LogP contribution in [-0.4, -0.2) is 46.4 Å².